The summed E-state index contributed by atoms with van der Waals surface area (Å²) < 4.78 is 12.1. The van der Waals surface area contributed by atoms with Gasteiger partial charge in [0.25, 0.3) is 0 Å². The number of ether oxygens (including phenoxy) is 2. The van der Waals surface area contributed by atoms with Crippen molar-refractivity contribution < 1.29 is 9.47 Å². The maximum absolute atomic E-state index is 6.31. The van der Waals surface area contributed by atoms with E-state index in [-0.39, 0.29) is 5.60 Å². The molecule has 2 aliphatic rings. The lowest BCUT2D eigenvalue weighted by molar-refractivity contribution is -0.114. The largest absolute Gasteiger partial charge is 0.376 e. The fourth-order valence-electron chi connectivity index (χ4n) is 3.43. The van der Waals surface area contributed by atoms with Crippen molar-refractivity contribution >= 4 is 15.9 Å². The molecule has 19 heavy (non-hydrogen) atoms. The fraction of sp³-hybridized carbons (Fsp3) is 1.00. The van der Waals surface area contributed by atoms with Crippen molar-refractivity contribution in [3.8, 4) is 0 Å². The van der Waals surface area contributed by atoms with E-state index in [9.17, 15) is 0 Å². The lowest BCUT2D eigenvalue weighted by Gasteiger charge is -2.40. The summed E-state index contributed by atoms with van der Waals surface area (Å²) in [5, 5.41) is 0.978. The molecule has 3 heteroatoms. The van der Waals surface area contributed by atoms with Crippen LogP contribution in [0.5, 0.6) is 0 Å². The van der Waals surface area contributed by atoms with Crippen LogP contribution in [0, 0.1) is 5.92 Å². The average Bonchev–Trinajstić information content (AvgIpc) is 2.48. The van der Waals surface area contributed by atoms with E-state index in [1.807, 2.05) is 0 Å². The molecule has 112 valence electrons. The molecule has 0 aromatic carbocycles. The van der Waals surface area contributed by atoms with Gasteiger partial charge < -0.3 is 9.47 Å². The highest BCUT2D eigenvalue weighted by molar-refractivity contribution is 9.09. The maximum atomic E-state index is 6.31. The molecule has 0 radical (unpaired) electrons. The number of alkyl halides is 1. The second-order valence-electron chi connectivity index (χ2n) is 6.35. The molecule has 1 aliphatic carbocycles. The van der Waals surface area contributed by atoms with Gasteiger partial charge >= 0.3 is 0 Å². The highest BCUT2D eigenvalue weighted by Gasteiger charge is 2.35. The zero-order valence-corrected chi connectivity index (χ0v) is 13.9. The smallest absolute Gasteiger partial charge is 0.0808 e. The van der Waals surface area contributed by atoms with E-state index in [1.54, 1.807) is 0 Å². The van der Waals surface area contributed by atoms with Gasteiger partial charge in [-0.15, -0.1) is 0 Å². The van der Waals surface area contributed by atoms with Gasteiger partial charge in [0.05, 0.1) is 18.3 Å². The molecule has 1 saturated carbocycles. The first-order valence-corrected chi connectivity index (χ1v) is 9.21. The van der Waals surface area contributed by atoms with Crippen LogP contribution in [-0.4, -0.2) is 30.2 Å². The topological polar surface area (TPSA) is 18.5 Å². The van der Waals surface area contributed by atoms with Gasteiger partial charge in [-0.1, -0.05) is 35.7 Å². The molecule has 0 bridgehead atoms. The van der Waals surface area contributed by atoms with Crippen molar-refractivity contribution in [2.24, 2.45) is 5.92 Å². The second-order valence-corrected chi connectivity index (χ2v) is 6.91. The Morgan fingerprint density at radius 1 is 1.21 bits per heavy atom. The van der Waals surface area contributed by atoms with E-state index in [0.29, 0.717) is 6.10 Å². The first kappa shape index (κ1) is 15.8. The summed E-state index contributed by atoms with van der Waals surface area (Å²) in [6.07, 6.45) is 11.9. The van der Waals surface area contributed by atoms with Gasteiger partial charge in [-0.05, 0) is 50.9 Å². The summed E-state index contributed by atoms with van der Waals surface area (Å²) in [6.45, 7) is 4.02. The van der Waals surface area contributed by atoms with Crippen molar-refractivity contribution in [2.45, 2.75) is 76.4 Å². The number of hydrogen-bond acceptors (Lipinski definition) is 2. The normalized spacial score (nSPS) is 36.3. The molecule has 1 atom stereocenters. The third-order valence-corrected chi connectivity index (χ3v) is 5.83. The quantitative estimate of drug-likeness (QED) is 0.656. The molecule has 2 rings (SSSR count). The summed E-state index contributed by atoms with van der Waals surface area (Å²) in [5.74, 6) is 0.937. The van der Waals surface area contributed by atoms with Crippen molar-refractivity contribution in [1.29, 1.82) is 0 Å². The molecular weight excluding hydrogens is 304 g/mol. The summed E-state index contributed by atoms with van der Waals surface area (Å²) in [5.41, 5.74) is 0.0883. The molecule has 2 fully saturated rings. The number of rotatable bonds is 6. The van der Waals surface area contributed by atoms with Crippen LogP contribution in [0.4, 0.5) is 0 Å². The molecule has 0 N–H and O–H groups in total. The van der Waals surface area contributed by atoms with Gasteiger partial charge in [0, 0.05) is 11.9 Å². The van der Waals surface area contributed by atoms with Gasteiger partial charge in [0.15, 0.2) is 0 Å². The third-order valence-electron chi connectivity index (χ3n) is 4.81. The van der Waals surface area contributed by atoms with Crippen molar-refractivity contribution in [3.63, 3.8) is 0 Å². The molecule has 0 amide bonds. The standard InChI is InChI=1S/C16H29BrO2/c1-2-5-14-7-9-16(13-17,10-8-14)19-12-15-6-3-4-11-18-15/h14-15H,2-13H2,1H3. The lowest BCUT2D eigenvalue weighted by Crippen LogP contribution is -2.41. The molecule has 2 nitrogen and oxygen atoms in total. The molecule has 0 aromatic heterocycles. The Morgan fingerprint density at radius 2 is 2.00 bits per heavy atom. The minimum atomic E-state index is 0.0883. The van der Waals surface area contributed by atoms with Crippen LogP contribution in [0.25, 0.3) is 0 Å². The Bertz CT molecular complexity index is 243. The minimum Gasteiger partial charge on any atom is -0.376 e. The zero-order chi connectivity index (χ0) is 13.6. The Kier molecular flexibility index (Phi) is 6.64. The average molecular weight is 333 g/mol. The molecular formula is C16H29BrO2. The molecule has 1 heterocycles. The summed E-state index contributed by atoms with van der Waals surface area (Å²) >= 11 is 3.69. The summed E-state index contributed by atoms with van der Waals surface area (Å²) in [4.78, 5) is 0. The summed E-state index contributed by atoms with van der Waals surface area (Å²) in [6, 6.07) is 0. The third kappa shape index (κ3) is 4.71. The predicted molar refractivity (Wildman–Crippen MR) is 82.9 cm³/mol. The van der Waals surface area contributed by atoms with Crippen LogP contribution in [0.15, 0.2) is 0 Å². The van der Waals surface area contributed by atoms with Crippen LogP contribution < -0.4 is 0 Å². The Labute approximate surface area is 126 Å². The van der Waals surface area contributed by atoms with Crippen LogP contribution in [0.2, 0.25) is 0 Å². The van der Waals surface area contributed by atoms with Crippen LogP contribution in [0.3, 0.4) is 0 Å². The van der Waals surface area contributed by atoms with E-state index in [0.717, 1.165) is 24.5 Å². The molecule has 0 spiro atoms. The van der Waals surface area contributed by atoms with Gasteiger partial charge in [-0.3, -0.25) is 0 Å². The highest BCUT2D eigenvalue weighted by atomic mass is 79.9. The van der Waals surface area contributed by atoms with Crippen LogP contribution in [0.1, 0.15) is 64.7 Å². The second kappa shape index (κ2) is 7.99. The Balaban J connectivity index is 1.75. The van der Waals surface area contributed by atoms with Crippen LogP contribution in [-0.2, 0) is 9.47 Å². The number of halogens is 1. The van der Waals surface area contributed by atoms with E-state index >= 15 is 0 Å². The van der Waals surface area contributed by atoms with Crippen LogP contribution >= 0.6 is 15.9 Å². The van der Waals surface area contributed by atoms with Crippen molar-refractivity contribution in [2.75, 3.05) is 18.5 Å². The Morgan fingerprint density at radius 3 is 2.58 bits per heavy atom. The monoisotopic (exact) mass is 332 g/mol. The highest BCUT2D eigenvalue weighted by Crippen LogP contribution is 2.38. The maximum Gasteiger partial charge on any atom is 0.0808 e. The number of hydrogen-bond donors (Lipinski definition) is 0. The molecule has 1 aliphatic heterocycles. The predicted octanol–water partition coefficient (Wildman–Crippen LogP) is 4.70. The first-order valence-electron chi connectivity index (χ1n) is 8.09. The first-order chi connectivity index (χ1) is 9.28. The van der Waals surface area contributed by atoms with E-state index in [2.05, 4.69) is 22.9 Å². The van der Waals surface area contributed by atoms with Gasteiger partial charge in [-0.2, -0.15) is 0 Å². The van der Waals surface area contributed by atoms with Gasteiger partial charge in [0.1, 0.15) is 0 Å². The van der Waals surface area contributed by atoms with Gasteiger partial charge in [0.2, 0.25) is 0 Å². The van der Waals surface area contributed by atoms with Gasteiger partial charge in [-0.25, -0.2) is 0 Å². The SMILES string of the molecule is CCCC1CCC(CBr)(OCC2CCCCO2)CC1. The van der Waals surface area contributed by atoms with Crippen molar-refractivity contribution in [1.82, 2.24) is 0 Å². The van der Waals surface area contributed by atoms with Crippen molar-refractivity contribution in [3.05, 3.63) is 0 Å². The van der Waals surface area contributed by atoms with E-state index < -0.39 is 0 Å². The molecule has 1 unspecified atom stereocenters. The van der Waals surface area contributed by atoms with E-state index in [4.69, 9.17) is 9.47 Å². The molecule has 0 aromatic rings. The minimum absolute atomic E-state index is 0.0883. The zero-order valence-electron chi connectivity index (χ0n) is 12.3. The van der Waals surface area contributed by atoms with E-state index in [1.165, 1.54) is 57.8 Å². The molecule has 1 saturated heterocycles. The summed E-state index contributed by atoms with van der Waals surface area (Å²) in [7, 11) is 0. The lowest BCUT2D eigenvalue weighted by atomic mass is 9.78. The fourth-order valence-corrected chi connectivity index (χ4v) is 4.15. The Hall–Kier alpha value is 0.400.